The van der Waals surface area contributed by atoms with Crippen LogP contribution in [-0.4, -0.2) is 64.9 Å². The molecule has 0 saturated carbocycles. The molecule has 0 aromatic rings. The zero-order valence-electron chi connectivity index (χ0n) is 31.0. The maximum Gasteiger partial charge on any atom is 0.472 e. The minimum atomic E-state index is -4.73. The summed E-state index contributed by atoms with van der Waals surface area (Å²) in [6.07, 6.45) is 29.3. The van der Waals surface area contributed by atoms with E-state index >= 15 is 0 Å². The molecule has 0 heterocycles. The van der Waals surface area contributed by atoms with Gasteiger partial charge in [-0.2, -0.15) is 0 Å². The van der Waals surface area contributed by atoms with Crippen molar-refractivity contribution in [3.8, 4) is 0 Å². The van der Waals surface area contributed by atoms with Gasteiger partial charge in [-0.25, -0.2) is 9.36 Å². The third-order valence-corrected chi connectivity index (χ3v) is 9.60. The van der Waals surface area contributed by atoms with Gasteiger partial charge in [0, 0.05) is 12.8 Å². The van der Waals surface area contributed by atoms with Crippen molar-refractivity contribution < 1.29 is 47.8 Å². The van der Waals surface area contributed by atoms with E-state index in [1.807, 2.05) is 0 Å². The number of hydrogen-bond acceptors (Lipinski definition) is 8. The topological polar surface area (TPSA) is 169 Å². The highest BCUT2D eigenvalue weighted by Crippen LogP contribution is 2.43. The van der Waals surface area contributed by atoms with Crippen molar-refractivity contribution in [3.05, 3.63) is 0 Å². The average molecular weight is 722 g/mol. The van der Waals surface area contributed by atoms with E-state index < -0.39 is 57.6 Å². The monoisotopic (exact) mass is 721 g/mol. The van der Waals surface area contributed by atoms with E-state index in [1.54, 1.807) is 0 Å². The van der Waals surface area contributed by atoms with Crippen LogP contribution in [0.4, 0.5) is 0 Å². The van der Waals surface area contributed by atoms with Crippen molar-refractivity contribution >= 4 is 25.7 Å². The Morgan fingerprint density at radius 3 is 1.37 bits per heavy atom. The summed E-state index contributed by atoms with van der Waals surface area (Å²) in [6.45, 7) is 2.44. The van der Waals surface area contributed by atoms with Crippen LogP contribution in [0.1, 0.15) is 187 Å². The number of carbonyl (C=O) groups is 3. The molecule has 0 saturated heterocycles. The molecule has 3 atom stereocenters. The quantitative estimate of drug-likeness (QED) is 0.0276. The number of aliphatic hydroxyl groups is 1. The van der Waals surface area contributed by atoms with E-state index in [0.717, 1.165) is 38.5 Å². The van der Waals surface area contributed by atoms with Crippen LogP contribution in [0.15, 0.2) is 0 Å². The molecule has 3 unspecified atom stereocenters. The second-order valence-electron chi connectivity index (χ2n) is 13.5. The number of rotatable bonds is 37. The Labute approximate surface area is 297 Å². The lowest BCUT2D eigenvalue weighted by Gasteiger charge is -2.18. The third kappa shape index (κ3) is 33.4. The number of nitrogens with one attached hydrogen (secondary N) is 1. The molecule has 0 aromatic heterocycles. The molecule has 11 nitrogen and oxygen atoms in total. The van der Waals surface area contributed by atoms with E-state index in [1.165, 1.54) is 109 Å². The number of carbonyl (C=O) groups excluding carboxylic acids is 2. The van der Waals surface area contributed by atoms with E-state index in [4.69, 9.17) is 13.8 Å². The third-order valence-electron chi connectivity index (χ3n) is 8.65. The molecule has 0 aliphatic heterocycles. The van der Waals surface area contributed by atoms with Crippen LogP contribution in [0, 0.1) is 0 Å². The van der Waals surface area contributed by atoms with Crippen LogP contribution < -0.4 is 5.32 Å². The maximum atomic E-state index is 12.3. The molecule has 49 heavy (non-hydrogen) atoms. The SMILES string of the molecule is CCCCCCCCCCCCCCCCCCCCCCCC(=O)NC(COP(=O)(O)OCC(O)COC(=O)CCCCCC)C(=O)O. The van der Waals surface area contributed by atoms with Crippen molar-refractivity contribution in [3.63, 3.8) is 0 Å². The molecular formula is C37H72NO10P. The van der Waals surface area contributed by atoms with Gasteiger partial charge in [0.05, 0.1) is 13.2 Å². The van der Waals surface area contributed by atoms with Crippen molar-refractivity contribution in [1.82, 2.24) is 5.32 Å². The van der Waals surface area contributed by atoms with Gasteiger partial charge in [-0.15, -0.1) is 0 Å². The number of aliphatic carboxylic acids is 1. The second kappa shape index (κ2) is 33.6. The summed E-state index contributed by atoms with van der Waals surface area (Å²) in [5.41, 5.74) is 0. The molecule has 0 bridgehead atoms. The number of amides is 1. The number of phosphoric acid groups is 1. The predicted octanol–water partition coefficient (Wildman–Crippen LogP) is 9.17. The number of carboxylic acids is 1. The largest absolute Gasteiger partial charge is 0.480 e. The Balaban J connectivity index is 3.80. The zero-order chi connectivity index (χ0) is 36.4. The van der Waals surface area contributed by atoms with Gasteiger partial charge >= 0.3 is 19.8 Å². The lowest BCUT2D eigenvalue weighted by molar-refractivity contribution is -0.147. The first-order valence-corrected chi connectivity index (χ1v) is 21.1. The molecular weight excluding hydrogens is 649 g/mol. The molecule has 4 N–H and O–H groups in total. The lowest BCUT2D eigenvalue weighted by atomic mass is 10.0. The maximum absolute atomic E-state index is 12.3. The lowest BCUT2D eigenvalue weighted by Crippen LogP contribution is -2.43. The highest BCUT2D eigenvalue weighted by Gasteiger charge is 2.28. The van der Waals surface area contributed by atoms with Crippen molar-refractivity contribution in [2.75, 3.05) is 19.8 Å². The van der Waals surface area contributed by atoms with E-state index in [-0.39, 0.29) is 12.8 Å². The Bertz CT molecular complexity index is 859. The van der Waals surface area contributed by atoms with Gasteiger partial charge < -0.3 is 25.2 Å². The van der Waals surface area contributed by atoms with Crippen LogP contribution in [0.2, 0.25) is 0 Å². The minimum Gasteiger partial charge on any atom is -0.480 e. The fourth-order valence-electron chi connectivity index (χ4n) is 5.55. The summed E-state index contributed by atoms with van der Waals surface area (Å²) in [6, 6.07) is -1.54. The van der Waals surface area contributed by atoms with Gasteiger partial charge in [-0.1, -0.05) is 162 Å². The Kier molecular flexibility index (Phi) is 32.6. The number of carboxylic acid groups (broad SMARTS) is 1. The molecule has 0 radical (unpaired) electrons. The average Bonchev–Trinajstić information content (AvgIpc) is 3.07. The fraction of sp³-hybridized carbons (Fsp3) is 0.919. The molecule has 0 rings (SSSR count). The van der Waals surface area contributed by atoms with Crippen LogP contribution >= 0.6 is 7.82 Å². The van der Waals surface area contributed by atoms with Gasteiger partial charge in [0.25, 0.3) is 0 Å². The van der Waals surface area contributed by atoms with Gasteiger partial charge in [0.2, 0.25) is 5.91 Å². The van der Waals surface area contributed by atoms with E-state index in [0.29, 0.717) is 12.8 Å². The van der Waals surface area contributed by atoms with Crippen LogP contribution in [0.5, 0.6) is 0 Å². The summed E-state index contributed by atoms with van der Waals surface area (Å²) >= 11 is 0. The van der Waals surface area contributed by atoms with Gasteiger partial charge in [0.1, 0.15) is 12.7 Å². The summed E-state index contributed by atoms with van der Waals surface area (Å²) in [4.78, 5) is 45.3. The molecule has 1 amide bonds. The molecule has 0 aliphatic rings. The summed E-state index contributed by atoms with van der Waals surface area (Å²) < 4.78 is 26.5. The normalized spacial score (nSPS) is 13.9. The number of aliphatic hydroxyl groups excluding tert-OH is 1. The van der Waals surface area contributed by atoms with Crippen molar-refractivity contribution in [2.24, 2.45) is 0 Å². The molecule has 12 heteroatoms. The molecule has 290 valence electrons. The summed E-state index contributed by atoms with van der Waals surface area (Å²) in [7, 11) is -4.73. The highest BCUT2D eigenvalue weighted by molar-refractivity contribution is 7.47. The van der Waals surface area contributed by atoms with E-state index in [2.05, 4.69) is 19.2 Å². The Morgan fingerprint density at radius 1 is 0.571 bits per heavy atom. The number of ether oxygens (including phenoxy) is 1. The first-order valence-electron chi connectivity index (χ1n) is 19.6. The van der Waals surface area contributed by atoms with Gasteiger partial charge in [0.15, 0.2) is 6.04 Å². The zero-order valence-corrected chi connectivity index (χ0v) is 31.9. The molecule has 0 spiro atoms. The number of hydrogen-bond donors (Lipinski definition) is 4. The summed E-state index contributed by atoms with van der Waals surface area (Å²) in [5, 5.41) is 21.6. The van der Waals surface area contributed by atoms with Crippen molar-refractivity contribution in [2.45, 2.75) is 199 Å². The number of unbranched alkanes of at least 4 members (excludes halogenated alkanes) is 23. The van der Waals surface area contributed by atoms with Crippen LogP contribution in [0.25, 0.3) is 0 Å². The molecule has 0 fully saturated rings. The summed E-state index contributed by atoms with van der Waals surface area (Å²) in [5.74, 6) is -2.38. The smallest absolute Gasteiger partial charge is 0.472 e. The Morgan fingerprint density at radius 2 is 0.939 bits per heavy atom. The molecule has 0 aliphatic carbocycles. The predicted molar refractivity (Wildman–Crippen MR) is 194 cm³/mol. The fourth-order valence-corrected chi connectivity index (χ4v) is 6.32. The van der Waals surface area contributed by atoms with Gasteiger partial charge in [-0.3, -0.25) is 18.6 Å². The molecule has 0 aromatic carbocycles. The Hall–Kier alpha value is -1.52. The van der Waals surface area contributed by atoms with Crippen molar-refractivity contribution in [1.29, 1.82) is 0 Å². The number of esters is 1. The first-order chi connectivity index (χ1) is 23.6. The van der Waals surface area contributed by atoms with Crippen LogP contribution in [-0.2, 0) is 32.7 Å². The first kappa shape index (κ1) is 47.5. The second-order valence-corrected chi connectivity index (χ2v) is 14.9. The number of phosphoric ester groups is 1. The highest BCUT2D eigenvalue weighted by atomic mass is 31.2. The minimum absolute atomic E-state index is 0.152. The van der Waals surface area contributed by atoms with E-state index in [9.17, 15) is 34.1 Å². The van der Waals surface area contributed by atoms with Crippen LogP contribution in [0.3, 0.4) is 0 Å². The standard InChI is InChI=1S/C37H72NO10P/c1-3-5-7-9-10-11-12-13-14-15-16-17-18-19-20-21-22-23-24-25-26-28-35(40)38-34(37(42)43)32-48-49(44,45)47-31-33(39)30-46-36(41)29-27-8-6-4-2/h33-34,39H,3-32H2,1-2H3,(H,38,40)(H,42,43)(H,44,45). The van der Waals surface area contributed by atoms with Gasteiger partial charge in [-0.05, 0) is 12.8 Å².